The lowest BCUT2D eigenvalue weighted by atomic mass is 9.94. The predicted octanol–water partition coefficient (Wildman–Crippen LogP) is 0.466. The summed E-state index contributed by atoms with van der Waals surface area (Å²) in [7, 11) is 0. The van der Waals surface area contributed by atoms with Gasteiger partial charge in [-0.1, -0.05) is 0 Å². The van der Waals surface area contributed by atoms with Crippen molar-refractivity contribution in [1.29, 1.82) is 0 Å². The molecule has 4 heteroatoms. The number of esters is 1. The van der Waals surface area contributed by atoms with Gasteiger partial charge >= 0.3 is 5.97 Å². The fourth-order valence-corrected chi connectivity index (χ4v) is 1.48. The van der Waals surface area contributed by atoms with Crippen LogP contribution >= 0.6 is 0 Å². The van der Waals surface area contributed by atoms with E-state index in [4.69, 9.17) is 4.74 Å². The Hall–Kier alpha value is -1.06. The Morgan fingerprint density at radius 1 is 1.69 bits per heavy atom. The van der Waals surface area contributed by atoms with Gasteiger partial charge in [-0.25, -0.2) is 0 Å². The Kier molecular flexibility index (Phi) is 3.73. The molecule has 1 fully saturated rings. The van der Waals surface area contributed by atoms with Gasteiger partial charge in [-0.15, -0.1) is 0 Å². The minimum absolute atomic E-state index is 0.0422. The zero-order chi connectivity index (χ0) is 9.68. The number of rotatable bonds is 3. The summed E-state index contributed by atoms with van der Waals surface area (Å²) in [6.07, 6.45) is 1.71. The SMILES string of the molecule is CCOC(=O)C[C@@H]1CCNC(=O)C1. The molecule has 0 spiro atoms. The first-order chi connectivity index (χ1) is 6.22. The molecule has 0 aromatic heterocycles. The van der Waals surface area contributed by atoms with Gasteiger partial charge in [0.05, 0.1) is 6.61 Å². The number of piperidine rings is 1. The summed E-state index contributed by atoms with van der Waals surface area (Å²) >= 11 is 0. The molecule has 13 heavy (non-hydrogen) atoms. The van der Waals surface area contributed by atoms with Crippen LogP contribution < -0.4 is 5.32 Å². The normalized spacial score (nSPS) is 22.2. The predicted molar refractivity (Wildman–Crippen MR) is 47.0 cm³/mol. The average Bonchev–Trinajstić information content (AvgIpc) is 2.04. The molecule has 1 heterocycles. The number of ether oxygens (including phenoxy) is 1. The Morgan fingerprint density at radius 2 is 2.46 bits per heavy atom. The first kappa shape index (κ1) is 10.0. The van der Waals surface area contributed by atoms with E-state index in [-0.39, 0.29) is 17.8 Å². The van der Waals surface area contributed by atoms with Crippen molar-refractivity contribution >= 4 is 11.9 Å². The second-order valence-corrected chi connectivity index (χ2v) is 3.22. The van der Waals surface area contributed by atoms with E-state index >= 15 is 0 Å². The van der Waals surface area contributed by atoms with Crippen LogP contribution in [0.4, 0.5) is 0 Å². The summed E-state index contributed by atoms with van der Waals surface area (Å²) in [5.41, 5.74) is 0. The number of amides is 1. The first-order valence-electron chi connectivity index (χ1n) is 4.64. The number of carbonyl (C=O) groups is 2. The van der Waals surface area contributed by atoms with E-state index in [9.17, 15) is 9.59 Å². The van der Waals surface area contributed by atoms with Crippen molar-refractivity contribution < 1.29 is 14.3 Å². The first-order valence-corrected chi connectivity index (χ1v) is 4.64. The van der Waals surface area contributed by atoms with Gasteiger partial charge in [0.2, 0.25) is 5.91 Å². The summed E-state index contributed by atoms with van der Waals surface area (Å²) in [6.45, 7) is 2.88. The van der Waals surface area contributed by atoms with Crippen LogP contribution in [0.5, 0.6) is 0 Å². The van der Waals surface area contributed by atoms with Crippen LogP contribution in [0.2, 0.25) is 0 Å². The van der Waals surface area contributed by atoms with Crippen LogP contribution in [0.1, 0.15) is 26.2 Å². The zero-order valence-corrected chi connectivity index (χ0v) is 7.84. The molecule has 0 saturated carbocycles. The summed E-state index contributed by atoms with van der Waals surface area (Å²) in [6, 6.07) is 0. The molecule has 0 aromatic carbocycles. The zero-order valence-electron chi connectivity index (χ0n) is 7.84. The third-order valence-electron chi connectivity index (χ3n) is 2.11. The lowest BCUT2D eigenvalue weighted by Gasteiger charge is -2.20. The van der Waals surface area contributed by atoms with Gasteiger partial charge in [0.25, 0.3) is 0 Å². The van der Waals surface area contributed by atoms with Gasteiger partial charge in [-0.3, -0.25) is 9.59 Å². The minimum Gasteiger partial charge on any atom is -0.466 e. The van der Waals surface area contributed by atoms with Crippen molar-refractivity contribution in [3.05, 3.63) is 0 Å². The van der Waals surface area contributed by atoms with Crippen molar-refractivity contribution in [2.45, 2.75) is 26.2 Å². The van der Waals surface area contributed by atoms with E-state index in [1.165, 1.54) is 0 Å². The van der Waals surface area contributed by atoms with Crippen LogP contribution in [0.25, 0.3) is 0 Å². The maximum absolute atomic E-state index is 11.1. The highest BCUT2D eigenvalue weighted by Gasteiger charge is 2.21. The molecule has 1 N–H and O–H groups in total. The summed E-state index contributed by atoms with van der Waals surface area (Å²) in [5.74, 6) is 0.0237. The molecular formula is C9H15NO3. The maximum Gasteiger partial charge on any atom is 0.306 e. The molecule has 1 amide bonds. The highest BCUT2D eigenvalue weighted by Crippen LogP contribution is 2.16. The summed E-state index contributed by atoms with van der Waals surface area (Å²) < 4.78 is 4.81. The molecule has 74 valence electrons. The highest BCUT2D eigenvalue weighted by molar-refractivity contribution is 5.78. The molecule has 4 nitrogen and oxygen atoms in total. The van der Waals surface area contributed by atoms with Crippen LogP contribution in [0.15, 0.2) is 0 Å². The Bertz CT molecular complexity index is 203. The van der Waals surface area contributed by atoms with Crippen molar-refractivity contribution in [2.24, 2.45) is 5.92 Å². The quantitative estimate of drug-likeness (QED) is 0.650. The fourth-order valence-electron chi connectivity index (χ4n) is 1.48. The molecule has 1 saturated heterocycles. The average molecular weight is 185 g/mol. The van der Waals surface area contributed by atoms with Gasteiger partial charge in [0, 0.05) is 19.4 Å². The van der Waals surface area contributed by atoms with Crippen molar-refractivity contribution in [1.82, 2.24) is 5.32 Å². The Morgan fingerprint density at radius 3 is 3.08 bits per heavy atom. The number of hydrogen-bond acceptors (Lipinski definition) is 3. The van der Waals surface area contributed by atoms with Gasteiger partial charge < -0.3 is 10.1 Å². The molecule has 1 rings (SSSR count). The third kappa shape index (κ3) is 3.44. The molecule has 1 aliphatic heterocycles. The van der Waals surface area contributed by atoms with Crippen LogP contribution in [-0.2, 0) is 14.3 Å². The minimum atomic E-state index is -0.192. The second-order valence-electron chi connectivity index (χ2n) is 3.22. The van der Waals surface area contributed by atoms with Crippen LogP contribution in [-0.4, -0.2) is 25.0 Å². The van der Waals surface area contributed by atoms with E-state index in [1.807, 2.05) is 0 Å². The van der Waals surface area contributed by atoms with E-state index in [0.29, 0.717) is 26.0 Å². The summed E-state index contributed by atoms with van der Waals surface area (Å²) in [4.78, 5) is 22.0. The fraction of sp³-hybridized carbons (Fsp3) is 0.778. The largest absolute Gasteiger partial charge is 0.466 e. The lowest BCUT2D eigenvalue weighted by molar-refractivity contribution is -0.144. The molecule has 1 aliphatic rings. The number of carbonyl (C=O) groups excluding carboxylic acids is 2. The second kappa shape index (κ2) is 4.84. The molecule has 1 atom stereocenters. The van der Waals surface area contributed by atoms with E-state index in [1.54, 1.807) is 6.92 Å². The standard InChI is InChI=1S/C9H15NO3/c1-2-13-9(12)6-7-3-4-10-8(11)5-7/h7H,2-6H2,1H3,(H,10,11)/t7-/m1/s1. The van der Waals surface area contributed by atoms with Gasteiger partial charge in [-0.2, -0.15) is 0 Å². The number of hydrogen-bond donors (Lipinski definition) is 1. The van der Waals surface area contributed by atoms with E-state index in [0.717, 1.165) is 6.42 Å². The van der Waals surface area contributed by atoms with Crippen molar-refractivity contribution in [3.8, 4) is 0 Å². The Labute approximate surface area is 77.6 Å². The molecule has 0 aliphatic carbocycles. The van der Waals surface area contributed by atoms with Crippen molar-refractivity contribution in [2.75, 3.05) is 13.2 Å². The maximum atomic E-state index is 11.1. The lowest BCUT2D eigenvalue weighted by Crippen LogP contribution is -2.34. The molecule has 0 unspecified atom stereocenters. The number of nitrogens with one attached hydrogen (secondary N) is 1. The van der Waals surface area contributed by atoms with Crippen LogP contribution in [0.3, 0.4) is 0 Å². The van der Waals surface area contributed by atoms with Gasteiger partial charge in [0.1, 0.15) is 0 Å². The van der Waals surface area contributed by atoms with Gasteiger partial charge in [-0.05, 0) is 19.3 Å². The highest BCUT2D eigenvalue weighted by atomic mass is 16.5. The van der Waals surface area contributed by atoms with Gasteiger partial charge in [0.15, 0.2) is 0 Å². The summed E-state index contributed by atoms with van der Waals surface area (Å²) in [5, 5.41) is 2.73. The van der Waals surface area contributed by atoms with Crippen LogP contribution in [0, 0.1) is 5.92 Å². The topological polar surface area (TPSA) is 55.4 Å². The molecule has 0 radical (unpaired) electrons. The Balaban J connectivity index is 2.27. The molecule has 0 bridgehead atoms. The molecule has 0 aromatic rings. The molecular weight excluding hydrogens is 170 g/mol. The smallest absolute Gasteiger partial charge is 0.306 e. The van der Waals surface area contributed by atoms with E-state index < -0.39 is 0 Å². The van der Waals surface area contributed by atoms with E-state index in [2.05, 4.69) is 5.32 Å². The van der Waals surface area contributed by atoms with Crippen molar-refractivity contribution in [3.63, 3.8) is 0 Å². The third-order valence-corrected chi connectivity index (χ3v) is 2.11. The monoisotopic (exact) mass is 185 g/mol.